The summed E-state index contributed by atoms with van der Waals surface area (Å²) in [5, 5.41) is 8.37. The Kier molecular flexibility index (Phi) is 9.45. The van der Waals surface area contributed by atoms with Gasteiger partial charge in [0.1, 0.15) is 11.9 Å². The fourth-order valence-electron chi connectivity index (χ4n) is 6.73. The number of anilines is 3. The van der Waals surface area contributed by atoms with E-state index in [9.17, 15) is 19.2 Å². The monoisotopic (exact) mass is 682 g/mol. The molecule has 3 aromatic rings. The van der Waals surface area contributed by atoms with Gasteiger partial charge in [0.25, 0.3) is 0 Å². The number of carbonyl (C=O) groups is 4. The highest BCUT2D eigenvalue weighted by atomic mass is 35.5. The van der Waals surface area contributed by atoms with Crippen LogP contribution in [0.4, 0.5) is 31.0 Å². The first kappa shape index (κ1) is 33.1. The van der Waals surface area contributed by atoms with Crippen molar-refractivity contribution < 1.29 is 37.8 Å². The van der Waals surface area contributed by atoms with Crippen molar-refractivity contribution in [1.82, 2.24) is 14.9 Å². The van der Waals surface area contributed by atoms with Crippen LogP contribution in [0.5, 0.6) is 0 Å². The number of rotatable bonds is 4. The highest BCUT2D eigenvalue weighted by Crippen LogP contribution is 2.46. The van der Waals surface area contributed by atoms with Crippen LogP contribution in [0.25, 0.3) is 11.3 Å². The molecule has 13 nitrogen and oxygen atoms in total. The number of methoxy groups -OCH3 is 1. The zero-order valence-electron chi connectivity index (χ0n) is 26.5. The molecule has 15 heteroatoms. The Labute approximate surface area is 280 Å². The van der Waals surface area contributed by atoms with Crippen molar-refractivity contribution in [3.8, 4) is 11.3 Å². The van der Waals surface area contributed by atoms with Gasteiger partial charge in [-0.25, -0.2) is 23.8 Å². The lowest BCUT2D eigenvalue weighted by Gasteiger charge is -2.45. The summed E-state index contributed by atoms with van der Waals surface area (Å²) in [6, 6.07) is 7.33. The maximum atomic E-state index is 15.5. The Morgan fingerprint density at radius 2 is 1.98 bits per heavy atom. The molecular formula is C33H36ClFN6O7. The molecule has 2 bridgehead atoms. The number of imidazole rings is 1. The molecule has 1 aromatic heterocycles. The van der Waals surface area contributed by atoms with Gasteiger partial charge in [-0.05, 0) is 62.9 Å². The summed E-state index contributed by atoms with van der Waals surface area (Å²) in [7, 11) is 1.26. The molecule has 1 saturated heterocycles. The molecule has 0 aliphatic carbocycles. The van der Waals surface area contributed by atoms with Crippen molar-refractivity contribution in [2.45, 2.75) is 63.0 Å². The molecule has 6 rings (SSSR count). The summed E-state index contributed by atoms with van der Waals surface area (Å²) in [6.45, 7) is 2.26. The molecule has 3 amide bonds. The number of ether oxygens (including phenoxy) is 3. The maximum Gasteiger partial charge on any atom is 0.412 e. The molecule has 0 unspecified atom stereocenters. The van der Waals surface area contributed by atoms with Gasteiger partial charge < -0.3 is 29.4 Å². The average molecular weight is 683 g/mol. The number of piperidine rings is 1. The molecule has 1 spiro atoms. The van der Waals surface area contributed by atoms with Crippen LogP contribution < -0.4 is 16.0 Å². The van der Waals surface area contributed by atoms with E-state index in [0.717, 1.165) is 0 Å². The fraction of sp³-hybridized carbons (Fsp3) is 0.424. The van der Waals surface area contributed by atoms with Crippen LogP contribution in [0.15, 0.2) is 36.5 Å². The number of likely N-dealkylation sites (tertiary alicyclic amines) is 1. The lowest BCUT2D eigenvalue weighted by molar-refractivity contribution is -0.144. The molecule has 4 N–H and O–H groups in total. The molecule has 48 heavy (non-hydrogen) atoms. The third-order valence-electron chi connectivity index (χ3n) is 8.94. The Balaban J connectivity index is 1.34. The number of nitrogens with one attached hydrogen (secondary N) is 4. The molecule has 1 fully saturated rings. The van der Waals surface area contributed by atoms with E-state index >= 15 is 4.39 Å². The van der Waals surface area contributed by atoms with Crippen LogP contribution in [0.2, 0.25) is 5.02 Å². The number of halogens is 2. The number of aromatic amines is 1. The van der Waals surface area contributed by atoms with E-state index < -0.39 is 41.5 Å². The fourth-order valence-corrected chi connectivity index (χ4v) is 6.89. The van der Waals surface area contributed by atoms with Gasteiger partial charge >= 0.3 is 18.2 Å². The first-order valence-electron chi connectivity index (χ1n) is 15.9. The van der Waals surface area contributed by atoms with Gasteiger partial charge in [0.05, 0.1) is 54.3 Å². The number of hydrogen-bond acceptors (Lipinski definition) is 9. The van der Waals surface area contributed by atoms with E-state index in [1.165, 1.54) is 19.2 Å². The summed E-state index contributed by atoms with van der Waals surface area (Å²) in [6.07, 6.45) is 2.99. The van der Waals surface area contributed by atoms with Crippen LogP contribution in [-0.2, 0) is 29.4 Å². The van der Waals surface area contributed by atoms with Crippen LogP contribution in [0, 0.1) is 5.82 Å². The molecule has 4 heterocycles. The van der Waals surface area contributed by atoms with Crippen LogP contribution in [0.3, 0.4) is 0 Å². The smallest absolute Gasteiger partial charge is 0.412 e. The summed E-state index contributed by atoms with van der Waals surface area (Å²) < 4.78 is 31.3. The van der Waals surface area contributed by atoms with Gasteiger partial charge in [-0.3, -0.25) is 15.4 Å². The van der Waals surface area contributed by atoms with Crippen LogP contribution in [-0.4, -0.2) is 71.8 Å². The predicted octanol–water partition coefficient (Wildman–Crippen LogP) is 6.13. The number of H-pyrrole nitrogens is 1. The molecule has 2 aromatic carbocycles. The van der Waals surface area contributed by atoms with Gasteiger partial charge in [-0.1, -0.05) is 24.4 Å². The molecular weight excluding hydrogens is 647 g/mol. The van der Waals surface area contributed by atoms with E-state index in [2.05, 4.69) is 25.9 Å². The minimum absolute atomic E-state index is 0.0543. The number of aromatic nitrogens is 2. The molecule has 0 saturated carbocycles. The topological polar surface area (TPSA) is 164 Å². The van der Waals surface area contributed by atoms with E-state index in [1.807, 2.05) is 0 Å². The lowest BCUT2D eigenvalue weighted by atomic mass is 9.82. The molecule has 3 atom stereocenters. The Bertz CT molecular complexity index is 1750. The molecule has 3 aliphatic rings. The van der Waals surface area contributed by atoms with Gasteiger partial charge in [0.2, 0.25) is 5.91 Å². The minimum Gasteiger partial charge on any atom is -0.464 e. The zero-order chi connectivity index (χ0) is 34.0. The second-order valence-corrected chi connectivity index (χ2v) is 12.4. The van der Waals surface area contributed by atoms with Crippen molar-refractivity contribution >= 4 is 52.7 Å². The third-order valence-corrected chi connectivity index (χ3v) is 9.24. The zero-order valence-corrected chi connectivity index (χ0v) is 27.2. The van der Waals surface area contributed by atoms with Crippen molar-refractivity contribution in [3.05, 3.63) is 58.8 Å². The van der Waals surface area contributed by atoms with Crippen molar-refractivity contribution in [2.75, 3.05) is 42.8 Å². The Morgan fingerprint density at radius 3 is 2.77 bits per heavy atom. The third kappa shape index (κ3) is 6.48. The highest BCUT2D eigenvalue weighted by molar-refractivity contribution is 6.31. The van der Waals surface area contributed by atoms with Crippen molar-refractivity contribution in [3.63, 3.8) is 0 Å². The molecule has 0 radical (unpaired) electrons. The summed E-state index contributed by atoms with van der Waals surface area (Å²) >= 11 is 6.14. The summed E-state index contributed by atoms with van der Waals surface area (Å²) in [4.78, 5) is 61.4. The van der Waals surface area contributed by atoms with Gasteiger partial charge in [0.15, 0.2) is 11.4 Å². The Hall–Kier alpha value is -4.85. The highest BCUT2D eigenvalue weighted by Gasteiger charge is 2.49. The number of benzene rings is 2. The van der Waals surface area contributed by atoms with Crippen LogP contribution in [0.1, 0.15) is 62.8 Å². The largest absolute Gasteiger partial charge is 0.464 e. The summed E-state index contributed by atoms with van der Waals surface area (Å²) in [5.74, 6) is -1.63. The molecule has 254 valence electrons. The standard InChI is InChI=1S/C33H36ClFN6O7/c1-3-47-30(43)23-8-5-4-7-20(28-36-16-25(39-28)19-10-9-18(15-24(19)38-23)37-31(44)46-2)29(42)41-14-6-13-33(17-41)26-22(40-32(45)48-33)12-11-21(34)27(26)35/h9-12,15-16,20,23,38H,3-8,13-14,17H2,1-2H3,(H,36,39)(H,37,44)(H,40,45)/t20-,23-,33-/m0/s1. The first-order chi connectivity index (χ1) is 23.1. The average Bonchev–Trinajstić information content (AvgIpc) is 3.55. The second-order valence-electron chi connectivity index (χ2n) is 12.0. The molecule has 3 aliphatic heterocycles. The minimum atomic E-state index is -1.41. The van der Waals surface area contributed by atoms with Crippen molar-refractivity contribution in [1.29, 1.82) is 0 Å². The summed E-state index contributed by atoms with van der Waals surface area (Å²) in [5.41, 5.74) is 1.17. The SMILES string of the molecule is CCOC(=O)[C@@H]1CCCC[C@H](C(=O)N2CCC[C@@]3(C2)OC(=O)Nc2ccc(Cl)c(F)c23)c2ncc([nH]2)-c2ccc(NC(=O)OC)cc2N1. The Morgan fingerprint density at radius 1 is 1.17 bits per heavy atom. The maximum absolute atomic E-state index is 15.5. The van der Waals surface area contributed by atoms with Crippen LogP contribution >= 0.6 is 11.6 Å². The number of hydrogen-bond donors (Lipinski definition) is 4. The normalized spacial score (nSPS) is 22.0. The predicted molar refractivity (Wildman–Crippen MR) is 174 cm³/mol. The van der Waals surface area contributed by atoms with Gasteiger partial charge in [-0.2, -0.15) is 0 Å². The van der Waals surface area contributed by atoms with Crippen molar-refractivity contribution in [2.24, 2.45) is 0 Å². The number of fused-ring (bicyclic) bond motifs is 6. The first-order valence-corrected chi connectivity index (χ1v) is 16.2. The number of esters is 1. The van der Waals surface area contributed by atoms with Gasteiger partial charge in [0, 0.05) is 23.5 Å². The van der Waals surface area contributed by atoms with E-state index in [-0.39, 0.29) is 35.3 Å². The van der Waals surface area contributed by atoms with E-state index in [1.54, 1.807) is 36.2 Å². The van der Waals surface area contributed by atoms with E-state index in [4.69, 9.17) is 25.8 Å². The van der Waals surface area contributed by atoms with E-state index in [0.29, 0.717) is 73.5 Å². The second kappa shape index (κ2) is 13.7. The quantitative estimate of drug-likeness (QED) is 0.187. The number of carbonyl (C=O) groups excluding carboxylic acids is 4. The number of nitrogens with zero attached hydrogens (tertiary/aromatic N) is 2. The lowest BCUT2D eigenvalue weighted by Crippen LogP contribution is -2.54. The van der Waals surface area contributed by atoms with Gasteiger partial charge in [-0.15, -0.1) is 0 Å². The number of amides is 3.